The second-order valence-corrected chi connectivity index (χ2v) is 5.13. The smallest absolute Gasteiger partial charge is 0.325 e. The summed E-state index contributed by atoms with van der Waals surface area (Å²) in [6.45, 7) is 1.45. The van der Waals surface area contributed by atoms with Crippen molar-refractivity contribution in [2.24, 2.45) is 5.92 Å². The van der Waals surface area contributed by atoms with Gasteiger partial charge in [-0.25, -0.2) is 0 Å². The van der Waals surface area contributed by atoms with Gasteiger partial charge in [-0.2, -0.15) is 0 Å². The average molecular weight is 293 g/mol. The van der Waals surface area contributed by atoms with Gasteiger partial charge in [0.2, 0.25) is 5.91 Å². The maximum absolute atomic E-state index is 12.0. The molecule has 1 aromatic rings. The van der Waals surface area contributed by atoms with E-state index in [4.69, 9.17) is 14.6 Å². The third kappa shape index (κ3) is 3.26. The SMILES string of the molecule is COc1ccc(OC)c(C2CC2C(=O)NC(C)C(=O)O)c1. The van der Waals surface area contributed by atoms with E-state index in [2.05, 4.69) is 5.32 Å². The van der Waals surface area contributed by atoms with E-state index in [1.54, 1.807) is 26.4 Å². The largest absolute Gasteiger partial charge is 0.497 e. The Morgan fingerprint density at radius 2 is 2.05 bits per heavy atom. The lowest BCUT2D eigenvalue weighted by Crippen LogP contribution is -2.39. The summed E-state index contributed by atoms with van der Waals surface area (Å²) in [5.41, 5.74) is 0.917. The molecule has 6 nitrogen and oxygen atoms in total. The zero-order valence-corrected chi connectivity index (χ0v) is 12.3. The molecule has 2 N–H and O–H groups in total. The van der Waals surface area contributed by atoms with Crippen LogP contribution in [0.3, 0.4) is 0 Å². The van der Waals surface area contributed by atoms with Crippen LogP contribution in [0.15, 0.2) is 18.2 Å². The van der Waals surface area contributed by atoms with Crippen LogP contribution in [-0.4, -0.2) is 37.2 Å². The molecular formula is C15H19NO5. The van der Waals surface area contributed by atoms with Crippen molar-refractivity contribution in [1.29, 1.82) is 0 Å². The molecule has 1 fully saturated rings. The summed E-state index contributed by atoms with van der Waals surface area (Å²) in [4.78, 5) is 22.8. The van der Waals surface area contributed by atoms with Crippen molar-refractivity contribution in [1.82, 2.24) is 5.32 Å². The van der Waals surface area contributed by atoms with Crippen molar-refractivity contribution in [2.45, 2.75) is 25.3 Å². The molecule has 0 aromatic heterocycles. The lowest BCUT2D eigenvalue weighted by atomic mass is 10.1. The van der Waals surface area contributed by atoms with Crippen molar-refractivity contribution in [3.05, 3.63) is 23.8 Å². The van der Waals surface area contributed by atoms with Gasteiger partial charge in [-0.1, -0.05) is 0 Å². The fourth-order valence-corrected chi connectivity index (χ4v) is 2.34. The number of hydrogen-bond donors (Lipinski definition) is 2. The van der Waals surface area contributed by atoms with Crippen LogP contribution in [0.5, 0.6) is 11.5 Å². The Bertz CT molecular complexity index is 557. The summed E-state index contributed by atoms with van der Waals surface area (Å²) in [5.74, 6) is -0.0405. The minimum atomic E-state index is -1.04. The Balaban J connectivity index is 2.09. The topological polar surface area (TPSA) is 84.9 Å². The predicted octanol–water partition coefficient (Wildman–Crippen LogP) is 1.40. The average Bonchev–Trinajstić information content (AvgIpc) is 3.26. The fraction of sp³-hybridized carbons (Fsp3) is 0.467. The number of ether oxygens (including phenoxy) is 2. The molecule has 114 valence electrons. The normalized spacial score (nSPS) is 21.3. The molecule has 0 saturated heterocycles. The minimum Gasteiger partial charge on any atom is -0.497 e. The van der Waals surface area contributed by atoms with Crippen LogP contribution in [0.25, 0.3) is 0 Å². The van der Waals surface area contributed by atoms with E-state index in [1.807, 2.05) is 6.07 Å². The molecule has 2 rings (SSSR count). The number of amides is 1. The van der Waals surface area contributed by atoms with Crippen molar-refractivity contribution in [3.63, 3.8) is 0 Å². The molecule has 0 heterocycles. The van der Waals surface area contributed by atoms with Crippen LogP contribution in [0, 0.1) is 5.92 Å². The second-order valence-electron chi connectivity index (χ2n) is 5.13. The highest BCUT2D eigenvalue weighted by atomic mass is 16.5. The fourth-order valence-electron chi connectivity index (χ4n) is 2.34. The van der Waals surface area contributed by atoms with Gasteiger partial charge < -0.3 is 19.9 Å². The molecule has 1 aromatic carbocycles. The number of hydrogen-bond acceptors (Lipinski definition) is 4. The maximum Gasteiger partial charge on any atom is 0.325 e. The van der Waals surface area contributed by atoms with Gasteiger partial charge in [0.25, 0.3) is 0 Å². The zero-order chi connectivity index (χ0) is 15.6. The molecule has 1 saturated carbocycles. The molecule has 0 radical (unpaired) electrons. The Hall–Kier alpha value is -2.24. The number of carbonyl (C=O) groups is 2. The third-order valence-electron chi connectivity index (χ3n) is 3.69. The maximum atomic E-state index is 12.0. The van der Waals surface area contributed by atoms with Crippen LogP contribution in [0.4, 0.5) is 0 Å². The van der Waals surface area contributed by atoms with Gasteiger partial charge in [0.1, 0.15) is 17.5 Å². The van der Waals surface area contributed by atoms with Crippen LogP contribution < -0.4 is 14.8 Å². The molecule has 1 aliphatic carbocycles. The second kappa shape index (κ2) is 6.03. The summed E-state index contributed by atoms with van der Waals surface area (Å²) in [7, 11) is 3.16. The molecule has 6 heteroatoms. The molecule has 0 aliphatic heterocycles. The van der Waals surface area contributed by atoms with Crippen molar-refractivity contribution >= 4 is 11.9 Å². The summed E-state index contributed by atoms with van der Waals surface area (Å²) in [6.07, 6.45) is 0.682. The van der Waals surface area contributed by atoms with E-state index in [0.717, 1.165) is 5.56 Å². The van der Waals surface area contributed by atoms with Crippen LogP contribution in [-0.2, 0) is 9.59 Å². The number of methoxy groups -OCH3 is 2. The highest BCUT2D eigenvalue weighted by Crippen LogP contribution is 2.51. The summed E-state index contributed by atoms with van der Waals surface area (Å²) < 4.78 is 10.5. The number of nitrogens with one attached hydrogen (secondary N) is 1. The highest BCUT2D eigenvalue weighted by Gasteiger charge is 2.46. The first-order valence-corrected chi connectivity index (χ1v) is 6.73. The number of carboxylic acid groups (broad SMARTS) is 1. The zero-order valence-electron chi connectivity index (χ0n) is 12.3. The highest BCUT2D eigenvalue weighted by molar-refractivity contribution is 5.87. The van der Waals surface area contributed by atoms with Gasteiger partial charge in [0, 0.05) is 17.4 Å². The molecule has 3 unspecified atom stereocenters. The number of carboxylic acids is 1. The quantitative estimate of drug-likeness (QED) is 0.828. The van der Waals surface area contributed by atoms with Gasteiger partial charge in [-0.05, 0) is 31.5 Å². The summed E-state index contributed by atoms with van der Waals surface area (Å²) in [6, 6.07) is 4.58. The van der Waals surface area contributed by atoms with E-state index in [0.29, 0.717) is 17.9 Å². The van der Waals surface area contributed by atoms with Gasteiger partial charge in [0.05, 0.1) is 14.2 Å². The molecule has 0 bridgehead atoms. The number of aliphatic carboxylic acids is 1. The Morgan fingerprint density at radius 3 is 2.62 bits per heavy atom. The number of benzene rings is 1. The van der Waals surface area contributed by atoms with Gasteiger partial charge in [-0.3, -0.25) is 9.59 Å². The number of rotatable bonds is 6. The van der Waals surface area contributed by atoms with Crippen molar-refractivity contribution in [2.75, 3.05) is 14.2 Å². The first-order valence-electron chi connectivity index (χ1n) is 6.73. The molecule has 3 atom stereocenters. The molecule has 1 aliphatic rings. The minimum absolute atomic E-state index is 0.0380. The van der Waals surface area contributed by atoms with Crippen molar-refractivity contribution < 1.29 is 24.2 Å². The standard InChI is InChI=1S/C15H19NO5/c1-8(15(18)19)16-14(17)12-7-10(12)11-6-9(20-2)4-5-13(11)21-3/h4-6,8,10,12H,7H2,1-3H3,(H,16,17)(H,18,19). The van der Waals surface area contributed by atoms with Crippen LogP contribution in [0.1, 0.15) is 24.8 Å². The monoisotopic (exact) mass is 293 g/mol. The molecule has 0 spiro atoms. The summed E-state index contributed by atoms with van der Waals surface area (Å²) in [5, 5.41) is 11.3. The Morgan fingerprint density at radius 1 is 1.33 bits per heavy atom. The van der Waals surface area contributed by atoms with E-state index in [9.17, 15) is 9.59 Å². The van der Waals surface area contributed by atoms with E-state index < -0.39 is 12.0 Å². The van der Waals surface area contributed by atoms with E-state index in [1.165, 1.54) is 6.92 Å². The number of carbonyl (C=O) groups excluding carboxylic acids is 1. The first kappa shape index (κ1) is 15.2. The van der Waals surface area contributed by atoms with Crippen molar-refractivity contribution in [3.8, 4) is 11.5 Å². The van der Waals surface area contributed by atoms with Crippen LogP contribution in [0.2, 0.25) is 0 Å². The summed E-state index contributed by atoms with van der Waals surface area (Å²) >= 11 is 0. The lowest BCUT2D eigenvalue weighted by molar-refractivity contribution is -0.141. The van der Waals surface area contributed by atoms with Gasteiger partial charge >= 0.3 is 5.97 Å². The molecule has 21 heavy (non-hydrogen) atoms. The molecular weight excluding hydrogens is 274 g/mol. The predicted molar refractivity (Wildman–Crippen MR) is 75.6 cm³/mol. The Labute approximate surface area is 123 Å². The third-order valence-corrected chi connectivity index (χ3v) is 3.69. The molecule has 1 amide bonds. The Kier molecular flexibility index (Phi) is 4.35. The van der Waals surface area contributed by atoms with Gasteiger partial charge in [0.15, 0.2) is 0 Å². The lowest BCUT2D eigenvalue weighted by Gasteiger charge is -2.11. The first-order chi connectivity index (χ1) is 9.97. The van der Waals surface area contributed by atoms with Crippen LogP contribution >= 0.6 is 0 Å². The van der Waals surface area contributed by atoms with Gasteiger partial charge in [-0.15, -0.1) is 0 Å². The van der Waals surface area contributed by atoms with E-state index >= 15 is 0 Å². The van der Waals surface area contributed by atoms with E-state index in [-0.39, 0.29) is 17.7 Å².